The first-order valence-electron chi connectivity index (χ1n) is 4.03. The van der Waals surface area contributed by atoms with Gasteiger partial charge in [-0.15, -0.1) is 6.58 Å². The minimum atomic E-state index is -0.0358. The molecule has 0 bridgehead atoms. The quantitative estimate of drug-likeness (QED) is 0.447. The fourth-order valence-corrected chi connectivity index (χ4v) is 1.08. The molecule has 1 nitrogen and oxygen atoms in total. The minimum absolute atomic E-state index is 0.0358. The predicted molar refractivity (Wildman–Crippen MR) is 47.5 cm³/mol. The Labute approximate surface area is 68.8 Å². The van der Waals surface area contributed by atoms with Gasteiger partial charge in [0.05, 0.1) is 6.10 Å². The Kier molecular flexibility index (Phi) is 2.19. The summed E-state index contributed by atoms with van der Waals surface area (Å²) in [7, 11) is 0. The molecule has 0 N–H and O–H groups in total. The van der Waals surface area contributed by atoms with E-state index in [1.54, 1.807) is 0 Å². The Balaban J connectivity index is 2.34. The molecule has 11 heavy (non-hydrogen) atoms. The highest BCUT2D eigenvalue weighted by Crippen LogP contribution is 2.39. The fourth-order valence-electron chi connectivity index (χ4n) is 1.08. The molecule has 1 aliphatic heterocycles. The van der Waals surface area contributed by atoms with Crippen LogP contribution in [-0.2, 0) is 4.74 Å². The summed E-state index contributed by atoms with van der Waals surface area (Å²) in [5, 5.41) is 0. The van der Waals surface area contributed by atoms with Crippen LogP contribution in [0.5, 0.6) is 0 Å². The van der Waals surface area contributed by atoms with Crippen molar-refractivity contribution in [2.24, 2.45) is 0 Å². The molecule has 62 valence electrons. The summed E-state index contributed by atoms with van der Waals surface area (Å²) in [5.74, 6) is 0. The lowest BCUT2D eigenvalue weighted by molar-refractivity contribution is 0.343. The van der Waals surface area contributed by atoms with Crippen LogP contribution in [0.15, 0.2) is 24.3 Å². The molecule has 1 saturated heterocycles. The average Bonchev–Trinajstić information content (AvgIpc) is 2.59. The van der Waals surface area contributed by atoms with Gasteiger partial charge in [0.25, 0.3) is 0 Å². The van der Waals surface area contributed by atoms with Gasteiger partial charge < -0.3 is 4.74 Å². The van der Waals surface area contributed by atoms with E-state index < -0.39 is 0 Å². The second kappa shape index (κ2) is 2.82. The second-order valence-electron chi connectivity index (χ2n) is 3.51. The number of hydrogen-bond acceptors (Lipinski definition) is 1. The van der Waals surface area contributed by atoms with Crippen LogP contribution in [0.4, 0.5) is 0 Å². The van der Waals surface area contributed by atoms with Crippen molar-refractivity contribution in [3.8, 4) is 0 Å². The van der Waals surface area contributed by atoms with Crippen molar-refractivity contribution in [1.82, 2.24) is 0 Å². The summed E-state index contributed by atoms with van der Waals surface area (Å²) in [6, 6.07) is 0. The summed E-state index contributed by atoms with van der Waals surface area (Å²) in [6.45, 7) is 10.0. The van der Waals surface area contributed by atoms with Gasteiger partial charge in [-0.05, 0) is 27.2 Å². The van der Waals surface area contributed by atoms with Gasteiger partial charge in [0.15, 0.2) is 0 Å². The Morgan fingerprint density at radius 1 is 1.64 bits per heavy atom. The molecule has 1 heteroatoms. The molecule has 0 amide bonds. The molecule has 0 saturated carbocycles. The van der Waals surface area contributed by atoms with Crippen molar-refractivity contribution in [1.29, 1.82) is 0 Å². The van der Waals surface area contributed by atoms with E-state index in [1.165, 1.54) is 5.57 Å². The van der Waals surface area contributed by atoms with E-state index in [0.717, 1.165) is 6.42 Å². The molecule has 1 aliphatic rings. The molecule has 0 radical (unpaired) electrons. The topological polar surface area (TPSA) is 12.5 Å². The SMILES string of the molecule is C=CC1(C)OC1CC=C(C)C. The van der Waals surface area contributed by atoms with E-state index in [-0.39, 0.29) is 5.60 Å². The number of allylic oxidation sites excluding steroid dienone is 1. The predicted octanol–water partition coefficient (Wildman–Crippen LogP) is 2.69. The first-order chi connectivity index (χ1) is 5.08. The molecule has 0 aromatic heterocycles. The maximum atomic E-state index is 5.44. The summed E-state index contributed by atoms with van der Waals surface area (Å²) in [4.78, 5) is 0. The number of epoxide rings is 1. The molecule has 0 spiro atoms. The van der Waals surface area contributed by atoms with E-state index in [2.05, 4.69) is 33.4 Å². The molecule has 0 aliphatic carbocycles. The van der Waals surface area contributed by atoms with Gasteiger partial charge in [0.1, 0.15) is 5.60 Å². The van der Waals surface area contributed by atoms with Crippen molar-refractivity contribution >= 4 is 0 Å². The molecule has 2 atom stereocenters. The zero-order valence-electron chi connectivity index (χ0n) is 7.55. The molecular weight excluding hydrogens is 136 g/mol. The second-order valence-corrected chi connectivity index (χ2v) is 3.51. The lowest BCUT2D eigenvalue weighted by Crippen LogP contribution is -2.03. The third-order valence-electron chi connectivity index (χ3n) is 2.12. The Hall–Kier alpha value is -0.560. The fraction of sp³-hybridized carbons (Fsp3) is 0.600. The molecule has 0 aromatic rings. The van der Waals surface area contributed by atoms with Crippen molar-refractivity contribution < 1.29 is 4.74 Å². The Bertz CT molecular complexity index is 189. The molecular formula is C10H16O. The third kappa shape index (κ3) is 1.93. The van der Waals surface area contributed by atoms with Crippen LogP contribution in [0, 0.1) is 0 Å². The summed E-state index contributed by atoms with van der Waals surface area (Å²) < 4.78 is 5.44. The van der Waals surface area contributed by atoms with Crippen LogP contribution in [0.1, 0.15) is 27.2 Å². The van der Waals surface area contributed by atoms with Crippen molar-refractivity contribution in [2.75, 3.05) is 0 Å². The zero-order chi connectivity index (χ0) is 8.48. The van der Waals surface area contributed by atoms with Crippen molar-refractivity contribution in [3.63, 3.8) is 0 Å². The molecule has 1 fully saturated rings. The molecule has 2 unspecified atom stereocenters. The Morgan fingerprint density at radius 2 is 2.27 bits per heavy atom. The number of rotatable bonds is 3. The zero-order valence-corrected chi connectivity index (χ0v) is 7.55. The van der Waals surface area contributed by atoms with Crippen LogP contribution in [0.2, 0.25) is 0 Å². The standard InChI is InChI=1S/C10H16O/c1-5-10(4)9(11-10)7-6-8(2)3/h5-6,9H,1,7H2,2-4H3. The minimum Gasteiger partial charge on any atom is -0.362 e. The smallest absolute Gasteiger partial charge is 0.110 e. The lowest BCUT2D eigenvalue weighted by atomic mass is 10.1. The largest absolute Gasteiger partial charge is 0.362 e. The van der Waals surface area contributed by atoms with Crippen LogP contribution in [-0.4, -0.2) is 11.7 Å². The van der Waals surface area contributed by atoms with Gasteiger partial charge in [-0.2, -0.15) is 0 Å². The van der Waals surface area contributed by atoms with E-state index in [9.17, 15) is 0 Å². The highest BCUT2D eigenvalue weighted by atomic mass is 16.6. The highest BCUT2D eigenvalue weighted by molar-refractivity contribution is 5.13. The third-order valence-corrected chi connectivity index (χ3v) is 2.12. The normalized spacial score (nSPS) is 34.6. The van der Waals surface area contributed by atoms with Crippen LogP contribution in [0.3, 0.4) is 0 Å². The number of hydrogen-bond donors (Lipinski definition) is 0. The van der Waals surface area contributed by atoms with Crippen LogP contribution in [0.25, 0.3) is 0 Å². The average molecular weight is 152 g/mol. The molecule has 1 heterocycles. The van der Waals surface area contributed by atoms with Gasteiger partial charge in [-0.1, -0.05) is 17.7 Å². The van der Waals surface area contributed by atoms with Gasteiger partial charge in [-0.25, -0.2) is 0 Å². The molecule has 0 aromatic carbocycles. The number of ether oxygens (including phenoxy) is 1. The van der Waals surface area contributed by atoms with Crippen LogP contribution >= 0.6 is 0 Å². The Morgan fingerprint density at radius 3 is 2.64 bits per heavy atom. The first-order valence-corrected chi connectivity index (χ1v) is 4.03. The maximum Gasteiger partial charge on any atom is 0.110 e. The maximum absolute atomic E-state index is 5.44. The molecule has 1 rings (SSSR count). The van der Waals surface area contributed by atoms with E-state index in [4.69, 9.17) is 4.74 Å². The van der Waals surface area contributed by atoms with Crippen molar-refractivity contribution in [2.45, 2.75) is 38.9 Å². The van der Waals surface area contributed by atoms with E-state index >= 15 is 0 Å². The van der Waals surface area contributed by atoms with E-state index in [0.29, 0.717) is 6.10 Å². The van der Waals surface area contributed by atoms with Gasteiger partial charge >= 0.3 is 0 Å². The monoisotopic (exact) mass is 152 g/mol. The van der Waals surface area contributed by atoms with Crippen LogP contribution < -0.4 is 0 Å². The highest BCUT2D eigenvalue weighted by Gasteiger charge is 2.48. The first kappa shape index (κ1) is 8.54. The van der Waals surface area contributed by atoms with Gasteiger partial charge in [0, 0.05) is 0 Å². The van der Waals surface area contributed by atoms with E-state index in [1.807, 2.05) is 6.08 Å². The summed E-state index contributed by atoms with van der Waals surface area (Å²) >= 11 is 0. The lowest BCUT2D eigenvalue weighted by Gasteiger charge is -1.94. The van der Waals surface area contributed by atoms with Crippen molar-refractivity contribution in [3.05, 3.63) is 24.3 Å². The van der Waals surface area contributed by atoms with Gasteiger partial charge in [0.2, 0.25) is 0 Å². The summed E-state index contributed by atoms with van der Waals surface area (Å²) in [5.41, 5.74) is 1.32. The van der Waals surface area contributed by atoms with Gasteiger partial charge in [-0.3, -0.25) is 0 Å². The summed E-state index contributed by atoms with van der Waals surface area (Å²) in [6.07, 6.45) is 5.48.